The Labute approximate surface area is 153 Å². The van der Waals surface area contributed by atoms with Crippen LogP contribution in [-0.4, -0.2) is 16.4 Å². The van der Waals surface area contributed by atoms with Crippen LogP contribution in [-0.2, 0) is 6.42 Å². The second kappa shape index (κ2) is 7.21. The van der Waals surface area contributed by atoms with Crippen molar-refractivity contribution in [2.75, 3.05) is 10.6 Å². The molecule has 8 heteroatoms. The van der Waals surface area contributed by atoms with Crippen molar-refractivity contribution in [3.63, 3.8) is 0 Å². The minimum Gasteiger partial charge on any atom is -0.308 e. The van der Waals surface area contributed by atoms with Crippen molar-refractivity contribution in [3.8, 4) is 6.07 Å². The number of aromatic nitrogens is 1. The summed E-state index contributed by atoms with van der Waals surface area (Å²) in [7, 11) is 0. The van der Waals surface area contributed by atoms with Gasteiger partial charge in [-0.15, -0.1) is 22.9 Å². The number of hydrogen-bond acceptors (Lipinski definition) is 4. The van der Waals surface area contributed by atoms with E-state index in [0.717, 1.165) is 10.6 Å². The summed E-state index contributed by atoms with van der Waals surface area (Å²) in [4.78, 5) is 17.5. The Morgan fingerprint density at radius 2 is 2.28 bits per heavy atom. The van der Waals surface area contributed by atoms with Gasteiger partial charge in [0.15, 0.2) is 5.13 Å². The minimum atomic E-state index is -0.486. The number of allylic oxidation sites excluding steroid dienone is 1. The molecule has 1 aromatic carbocycles. The molecule has 0 saturated heterocycles. The van der Waals surface area contributed by atoms with Gasteiger partial charge in [0, 0.05) is 22.0 Å². The number of alkyl halides is 1. The molecule has 2 atom stereocenters. The molecule has 1 heterocycles. The Morgan fingerprint density at radius 3 is 3.04 bits per heavy atom. The number of carbonyl (C=O) groups is 1. The fourth-order valence-corrected chi connectivity index (χ4v) is 3.79. The Morgan fingerprint density at radius 1 is 1.48 bits per heavy atom. The molecule has 1 aliphatic rings. The van der Waals surface area contributed by atoms with Crippen molar-refractivity contribution in [1.82, 2.24) is 4.98 Å². The van der Waals surface area contributed by atoms with Gasteiger partial charge in [-0.05, 0) is 24.3 Å². The number of benzene rings is 1. The molecule has 1 aliphatic carbocycles. The highest BCUT2D eigenvalue weighted by Crippen LogP contribution is 2.38. The average molecular weight is 377 g/mol. The van der Waals surface area contributed by atoms with Crippen molar-refractivity contribution in [2.24, 2.45) is 0 Å². The van der Waals surface area contributed by atoms with Crippen LogP contribution in [0.4, 0.5) is 20.0 Å². The highest BCUT2D eigenvalue weighted by molar-refractivity contribution is 7.16. The van der Waals surface area contributed by atoms with Crippen LogP contribution in [0.1, 0.15) is 29.0 Å². The van der Waals surface area contributed by atoms with E-state index >= 15 is 0 Å². The summed E-state index contributed by atoms with van der Waals surface area (Å²) < 4.78 is 13.5. The number of hydrogen-bond donors (Lipinski definition) is 2. The fourth-order valence-electron chi connectivity index (χ4n) is 2.47. The Kier molecular flexibility index (Phi) is 5.02. The van der Waals surface area contributed by atoms with E-state index in [2.05, 4.69) is 15.6 Å². The maximum atomic E-state index is 13.5. The number of amides is 2. The predicted molar refractivity (Wildman–Crippen MR) is 97.6 cm³/mol. The summed E-state index contributed by atoms with van der Waals surface area (Å²) in [6.07, 6.45) is 3.67. The van der Waals surface area contributed by atoms with E-state index < -0.39 is 11.8 Å². The van der Waals surface area contributed by atoms with Gasteiger partial charge in [0.2, 0.25) is 0 Å². The first-order chi connectivity index (χ1) is 12.0. The van der Waals surface area contributed by atoms with Gasteiger partial charge in [0.1, 0.15) is 5.82 Å². The van der Waals surface area contributed by atoms with Gasteiger partial charge in [0.25, 0.3) is 0 Å². The second-order valence-electron chi connectivity index (χ2n) is 5.58. The molecule has 0 fully saturated rings. The number of nitriles is 1. The van der Waals surface area contributed by atoms with E-state index in [0.29, 0.717) is 10.8 Å². The summed E-state index contributed by atoms with van der Waals surface area (Å²) in [5, 5.41) is 14.3. The highest BCUT2D eigenvalue weighted by atomic mass is 35.5. The molecule has 0 aliphatic heterocycles. The van der Waals surface area contributed by atoms with Gasteiger partial charge in [-0.25, -0.2) is 14.2 Å². The van der Waals surface area contributed by atoms with Crippen molar-refractivity contribution >= 4 is 45.9 Å². The monoisotopic (exact) mass is 376 g/mol. The first-order valence-corrected chi connectivity index (χ1v) is 8.79. The van der Waals surface area contributed by atoms with Gasteiger partial charge in [-0.1, -0.05) is 13.0 Å². The Hall–Kier alpha value is -2.43. The lowest BCUT2D eigenvalue weighted by atomic mass is 9.99. The molecule has 2 unspecified atom stereocenters. The fraction of sp³-hybridized carbons (Fsp3) is 0.235. The third kappa shape index (κ3) is 3.81. The van der Waals surface area contributed by atoms with Crippen LogP contribution in [0.2, 0.25) is 0 Å². The van der Waals surface area contributed by atoms with Gasteiger partial charge >= 0.3 is 6.03 Å². The summed E-state index contributed by atoms with van der Waals surface area (Å²) in [6.45, 7) is 2.01. The molecular formula is C17H14ClFN4OS. The molecule has 1 aromatic heterocycles. The second-order valence-corrected chi connectivity index (χ2v) is 7.12. The summed E-state index contributed by atoms with van der Waals surface area (Å²) in [6, 6.07) is 5.49. The number of thiazole rings is 1. The summed E-state index contributed by atoms with van der Waals surface area (Å²) >= 11 is 7.59. The lowest BCUT2D eigenvalue weighted by Gasteiger charge is -2.17. The zero-order valence-electron chi connectivity index (χ0n) is 13.2. The van der Waals surface area contributed by atoms with Crippen LogP contribution in [0, 0.1) is 17.1 Å². The largest absolute Gasteiger partial charge is 0.325 e. The zero-order valence-corrected chi connectivity index (χ0v) is 14.8. The Bertz CT molecular complexity index is 889. The molecule has 2 aromatic rings. The van der Waals surface area contributed by atoms with E-state index in [4.69, 9.17) is 16.9 Å². The van der Waals surface area contributed by atoms with E-state index in [1.165, 1.54) is 29.5 Å². The van der Waals surface area contributed by atoms with Gasteiger partial charge < -0.3 is 5.32 Å². The SMILES string of the molecule is CC1c2sc(NC(=O)Nc3ccc(F)c(CC#N)c3)nc2C=CC1Cl. The van der Waals surface area contributed by atoms with Crippen LogP contribution in [0.15, 0.2) is 24.3 Å². The molecule has 5 nitrogen and oxygen atoms in total. The van der Waals surface area contributed by atoms with Gasteiger partial charge in [-0.3, -0.25) is 5.32 Å². The third-order valence-corrected chi connectivity index (χ3v) is 5.51. The molecule has 0 bridgehead atoms. The van der Waals surface area contributed by atoms with Crippen molar-refractivity contribution in [3.05, 3.63) is 46.2 Å². The maximum Gasteiger partial charge on any atom is 0.325 e. The third-order valence-electron chi connectivity index (χ3n) is 3.80. The average Bonchev–Trinajstić information content (AvgIpc) is 2.97. The molecule has 128 valence electrons. The number of nitrogens with one attached hydrogen (secondary N) is 2. The smallest absolute Gasteiger partial charge is 0.308 e. The van der Waals surface area contributed by atoms with Crippen molar-refractivity contribution in [2.45, 2.75) is 24.6 Å². The number of rotatable bonds is 3. The standard InChI is InChI=1S/C17H14ClFN4OS/c1-9-12(18)3-5-14-15(9)25-17(22-14)23-16(24)21-11-2-4-13(19)10(8-11)6-7-20/h2-5,8-9,12H,6H2,1H3,(H2,21,22,23,24). The molecule has 2 amide bonds. The van der Waals surface area contributed by atoms with E-state index in [1.54, 1.807) is 0 Å². The quantitative estimate of drug-likeness (QED) is 0.760. The summed E-state index contributed by atoms with van der Waals surface area (Å²) in [5.74, 6) is -0.347. The van der Waals surface area contributed by atoms with Crippen LogP contribution in [0.25, 0.3) is 6.08 Å². The van der Waals surface area contributed by atoms with Crippen LogP contribution < -0.4 is 10.6 Å². The van der Waals surface area contributed by atoms with E-state index in [-0.39, 0.29) is 23.3 Å². The van der Waals surface area contributed by atoms with Gasteiger partial charge in [-0.2, -0.15) is 5.26 Å². The molecule has 2 N–H and O–H groups in total. The number of halogens is 2. The normalized spacial score (nSPS) is 18.3. The maximum absolute atomic E-state index is 13.5. The van der Waals surface area contributed by atoms with Crippen LogP contribution >= 0.6 is 22.9 Å². The van der Waals surface area contributed by atoms with E-state index in [9.17, 15) is 9.18 Å². The van der Waals surface area contributed by atoms with Gasteiger partial charge in [0.05, 0.1) is 23.6 Å². The number of urea groups is 1. The van der Waals surface area contributed by atoms with E-state index in [1.807, 2.05) is 25.1 Å². The first-order valence-electron chi connectivity index (χ1n) is 7.54. The first kappa shape index (κ1) is 17.4. The number of nitrogens with zero attached hydrogens (tertiary/aromatic N) is 2. The van der Waals surface area contributed by atoms with Crippen molar-refractivity contribution < 1.29 is 9.18 Å². The highest BCUT2D eigenvalue weighted by Gasteiger charge is 2.24. The Balaban J connectivity index is 1.70. The predicted octanol–water partition coefficient (Wildman–Crippen LogP) is 4.73. The summed E-state index contributed by atoms with van der Waals surface area (Å²) in [5.41, 5.74) is 1.44. The molecular weight excluding hydrogens is 363 g/mol. The topological polar surface area (TPSA) is 77.8 Å². The van der Waals surface area contributed by atoms with Crippen LogP contribution in [0.3, 0.4) is 0 Å². The molecule has 25 heavy (non-hydrogen) atoms. The number of fused-ring (bicyclic) bond motifs is 1. The number of carbonyl (C=O) groups excluding carboxylic acids is 1. The molecule has 3 rings (SSSR count). The van der Waals surface area contributed by atoms with Crippen LogP contribution in [0.5, 0.6) is 0 Å². The molecule has 0 radical (unpaired) electrons. The molecule has 0 saturated carbocycles. The zero-order chi connectivity index (χ0) is 18.0. The lowest BCUT2D eigenvalue weighted by molar-refractivity contribution is 0.262. The van der Waals surface area contributed by atoms with Crippen molar-refractivity contribution in [1.29, 1.82) is 5.26 Å². The molecule has 0 spiro atoms. The minimum absolute atomic E-state index is 0.0635. The lowest BCUT2D eigenvalue weighted by Crippen LogP contribution is -2.19. The number of anilines is 2.